The summed E-state index contributed by atoms with van der Waals surface area (Å²) in [6.07, 6.45) is 0. The molecule has 3 rings (SSSR count). The molecule has 1 aromatic heterocycles. The molecular weight excluding hydrogens is 318 g/mol. The van der Waals surface area contributed by atoms with E-state index >= 15 is 0 Å². The fourth-order valence-corrected chi connectivity index (χ4v) is 3.60. The molecule has 1 atom stereocenters. The van der Waals surface area contributed by atoms with Crippen molar-refractivity contribution in [3.05, 3.63) is 40.4 Å². The number of thioether (sulfide) groups is 1. The van der Waals surface area contributed by atoms with Crippen LogP contribution in [0.1, 0.15) is 28.4 Å². The Morgan fingerprint density at radius 2 is 1.91 bits per heavy atom. The van der Waals surface area contributed by atoms with Crippen LogP contribution in [0.3, 0.4) is 0 Å². The molecule has 1 aliphatic rings. The number of hydrazone groups is 1. The number of nitrogens with zero attached hydrogens (tertiary/aromatic N) is 4. The van der Waals surface area contributed by atoms with Gasteiger partial charge in [0, 0.05) is 0 Å². The predicted molar refractivity (Wildman–Crippen MR) is 90.1 cm³/mol. The molecule has 6 nitrogen and oxygen atoms in total. The Hall–Kier alpha value is -1.93. The minimum Gasteiger partial charge on any atom is -0.280 e. The van der Waals surface area contributed by atoms with Crippen LogP contribution in [0.2, 0.25) is 0 Å². The van der Waals surface area contributed by atoms with Gasteiger partial charge in [-0.15, -0.1) is 10.2 Å². The highest BCUT2D eigenvalue weighted by atomic mass is 32.2. The number of benzene rings is 1. The Labute approximate surface area is 136 Å². The lowest BCUT2D eigenvalue weighted by Gasteiger charge is -2.20. The lowest BCUT2D eigenvalue weighted by Crippen LogP contribution is -2.30. The summed E-state index contributed by atoms with van der Waals surface area (Å²) in [5, 5.41) is 18.3. The number of anilines is 1. The molecule has 0 fully saturated rings. The molecule has 0 spiro atoms. The molecule has 22 heavy (non-hydrogen) atoms. The SMILES string of the molecule is CC1=NN(C(=O)Nc2nnc(C)s2)C(c2ccc(C)cc2)S1. The topological polar surface area (TPSA) is 70.5 Å². The van der Waals surface area contributed by atoms with E-state index in [1.807, 2.05) is 45.0 Å². The highest BCUT2D eigenvalue weighted by molar-refractivity contribution is 8.14. The fourth-order valence-electron chi connectivity index (χ4n) is 2.03. The van der Waals surface area contributed by atoms with Crippen LogP contribution in [0.5, 0.6) is 0 Å². The van der Waals surface area contributed by atoms with E-state index in [1.165, 1.54) is 21.9 Å². The van der Waals surface area contributed by atoms with Crippen molar-refractivity contribution in [2.24, 2.45) is 5.10 Å². The minimum absolute atomic E-state index is 0.158. The summed E-state index contributed by atoms with van der Waals surface area (Å²) >= 11 is 2.90. The van der Waals surface area contributed by atoms with E-state index in [4.69, 9.17) is 0 Å². The third-order valence-corrected chi connectivity index (χ3v) is 4.94. The van der Waals surface area contributed by atoms with Gasteiger partial charge in [-0.05, 0) is 26.3 Å². The number of urea groups is 1. The molecule has 0 bridgehead atoms. The number of rotatable bonds is 2. The summed E-state index contributed by atoms with van der Waals surface area (Å²) in [5.74, 6) is 0. The average molecular weight is 333 g/mol. The largest absolute Gasteiger partial charge is 0.345 e. The van der Waals surface area contributed by atoms with Crippen LogP contribution in [0.4, 0.5) is 9.93 Å². The van der Waals surface area contributed by atoms with Crippen molar-refractivity contribution in [2.75, 3.05) is 5.32 Å². The first-order valence-corrected chi connectivity index (χ1v) is 8.41. The first kappa shape index (κ1) is 15.0. The second-order valence-electron chi connectivity index (χ2n) is 4.90. The Kier molecular flexibility index (Phi) is 4.12. The molecule has 0 saturated heterocycles. The van der Waals surface area contributed by atoms with Gasteiger partial charge in [-0.3, -0.25) is 5.32 Å². The quantitative estimate of drug-likeness (QED) is 0.908. The van der Waals surface area contributed by atoms with Crippen LogP contribution in [-0.4, -0.2) is 26.3 Å². The third kappa shape index (κ3) is 3.12. The van der Waals surface area contributed by atoms with E-state index in [-0.39, 0.29) is 11.4 Å². The van der Waals surface area contributed by atoms with Gasteiger partial charge in [0.25, 0.3) is 0 Å². The molecule has 114 valence electrons. The number of aromatic nitrogens is 2. The van der Waals surface area contributed by atoms with Gasteiger partial charge in [0.05, 0.1) is 5.04 Å². The van der Waals surface area contributed by atoms with Crippen molar-refractivity contribution in [1.82, 2.24) is 15.2 Å². The molecule has 8 heteroatoms. The van der Waals surface area contributed by atoms with Gasteiger partial charge in [-0.1, -0.05) is 52.9 Å². The van der Waals surface area contributed by atoms with Crippen molar-refractivity contribution in [3.8, 4) is 0 Å². The smallest absolute Gasteiger partial charge is 0.280 e. The normalized spacial score (nSPS) is 17.5. The highest BCUT2D eigenvalue weighted by Gasteiger charge is 2.32. The zero-order chi connectivity index (χ0) is 15.7. The van der Waals surface area contributed by atoms with Crippen molar-refractivity contribution in [2.45, 2.75) is 26.1 Å². The zero-order valence-corrected chi connectivity index (χ0v) is 14.0. The molecule has 0 saturated carbocycles. The molecular formula is C14H15N5OS2. The predicted octanol–water partition coefficient (Wildman–Crippen LogP) is 3.77. The molecule has 2 heterocycles. The molecule has 1 N–H and O–H groups in total. The van der Waals surface area contributed by atoms with Gasteiger partial charge < -0.3 is 0 Å². The van der Waals surface area contributed by atoms with E-state index in [1.54, 1.807) is 11.8 Å². The number of hydrogen-bond acceptors (Lipinski definition) is 6. The molecule has 2 aromatic rings. The number of carbonyl (C=O) groups excluding carboxylic acids is 1. The standard InChI is InChI=1S/C14H15N5OS2/c1-8-4-6-11(7-5-8)12-19(18-10(3)21-12)14(20)15-13-17-16-9(2)22-13/h4-7,12H,1-3H3,(H,15,17,20). The summed E-state index contributed by atoms with van der Waals surface area (Å²) in [7, 11) is 0. The Morgan fingerprint density at radius 1 is 1.18 bits per heavy atom. The number of aryl methyl sites for hydroxylation is 2. The van der Waals surface area contributed by atoms with Crippen LogP contribution in [0.25, 0.3) is 0 Å². The van der Waals surface area contributed by atoms with E-state index in [0.717, 1.165) is 15.6 Å². The van der Waals surface area contributed by atoms with Gasteiger partial charge >= 0.3 is 6.03 Å². The molecule has 1 aromatic carbocycles. The van der Waals surface area contributed by atoms with Gasteiger partial charge in [0.2, 0.25) is 5.13 Å². The second-order valence-corrected chi connectivity index (χ2v) is 7.36. The number of amides is 2. The molecule has 0 radical (unpaired) electrons. The Morgan fingerprint density at radius 3 is 2.55 bits per heavy atom. The van der Waals surface area contributed by atoms with Gasteiger partial charge in [-0.25, -0.2) is 4.79 Å². The van der Waals surface area contributed by atoms with E-state index < -0.39 is 0 Å². The van der Waals surface area contributed by atoms with Crippen LogP contribution >= 0.6 is 23.1 Å². The van der Waals surface area contributed by atoms with Crippen molar-refractivity contribution in [3.63, 3.8) is 0 Å². The Bertz CT molecular complexity index is 725. The second kappa shape index (κ2) is 6.05. The molecule has 2 amide bonds. The summed E-state index contributed by atoms with van der Waals surface area (Å²) < 4.78 is 0. The highest BCUT2D eigenvalue weighted by Crippen LogP contribution is 2.39. The number of carbonyl (C=O) groups is 1. The lowest BCUT2D eigenvalue weighted by molar-refractivity contribution is 0.211. The monoisotopic (exact) mass is 333 g/mol. The molecule has 1 aliphatic heterocycles. The van der Waals surface area contributed by atoms with E-state index in [9.17, 15) is 4.79 Å². The average Bonchev–Trinajstić information content (AvgIpc) is 3.06. The van der Waals surface area contributed by atoms with E-state index in [0.29, 0.717) is 5.13 Å². The van der Waals surface area contributed by atoms with E-state index in [2.05, 4.69) is 20.6 Å². The third-order valence-electron chi connectivity index (χ3n) is 3.06. The van der Waals surface area contributed by atoms with Crippen molar-refractivity contribution in [1.29, 1.82) is 0 Å². The Balaban J connectivity index is 1.80. The number of hydrogen-bond donors (Lipinski definition) is 1. The maximum absolute atomic E-state index is 12.5. The molecule has 1 unspecified atom stereocenters. The van der Waals surface area contributed by atoms with Crippen LogP contribution < -0.4 is 5.32 Å². The van der Waals surface area contributed by atoms with Crippen LogP contribution in [0.15, 0.2) is 29.4 Å². The maximum Gasteiger partial charge on any atom is 0.345 e. The molecule has 0 aliphatic carbocycles. The van der Waals surface area contributed by atoms with Crippen LogP contribution in [0, 0.1) is 13.8 Å². The minimum atomic E-state index is -0.300. The van der Waals surface area contributed by atoms with Gasteiger partial charge in [0.15, 0.2) is 0 Å². The van der Waals surface area contributed by atoms with Crippen molar-refractivity contribution >= 4 is 39.3 Å². The van der Waals surface area contributed by atoms with Gasteiger partial charge in [0.1, 0.15) is 10.4 Å². The summed E-state index contributed by atoms with van der Waals surface area (Å²) in [6.45, 7) is 5.78. The van der Waals surface area contributed by atoms with Crippen molar-refractivity contribution < 1.29 is 4.79 Å². The number of nitrogens with one attached hydrogen (secondary N) is 1. The van der Waals surface area contributed by atoms with Gasteiger partial charge in [-0.2, -0.15) is 10.1 Å². The summed E-state index contributed by atoms with van der Waals surface area (Å²) in [5.41, 5.74) is 2.23. The zero-order valence-electron chi connectivity index (χ0n) is 12.4. The maximum atomic E-state index is 12.5. The summed E-state index contributed by atoms with van der Waals surface area (Å²) in [6, 6.07) is 7.82. The fraction of sp³-hybridized carbons (Fsp3) is 0.286. The first-order valence-electron chi connectivity index (χ1n) is 6.71. The summed E-state index contributed by atoms with van der Waals surface area (Å²) in [4.78, 5) is 12.5. The first-order chi connectivity index (χ1) is 10.5. The lowest BCUT2D eigenvalue weighted by atomic mass is 10.1. The van der Waals surface area contributed by atoms with Crippen LogP contribution in [-0.2, 0) is 0 Å².